The van der Waals surface area contributed by atoms with Crippen molar-refractivity contribution in [3.05, 3.63) is 28.8 Å². The fourth-order valence-electron chi connectivity index (χ4n) is 3.14. The van der Waals surface area contributed by atoms with Crippen molar-refractivity contribution in [2.45, 2.75) is 45.4 Å². The average molecular weight is 189 g/mol. The van der Waals surface area contributed by atoms with Crippen molar-refractivity contribution >= 4 is 5.69 Å². The number of fused-ring (bicyclic) bond motifs is 1. The molecule has 0 amide bonds. The zero-order chi connectivity index (χ0) is 10.5. The zero-order valence-corrected chi connectivity index (χ0v) is 9.52. The summed E-state index contributed by atoms with van der Waals surface area (Å²) < 4.78 is 0. The third-order valence-electron chi connectivity index (χ3n) is 3.47. The van der Waals surface area contributed by atoms with E-state index in [1.54, 1.807) is 0 Å². The number of aryl methyl sites for hydroxylation is 1. The average Bonchev–Trinajstić information content (AvgIpc) is 2.30. The van der Waals surface area contributed by atoms with Crippen molar-refractivity contribution in [3.63, 3.8) is 0 Å². The van der Waals surface area contributed by atoms with Crippen LogP contribution in [0.15, 0.2) is 12.1 Å². The van der Waals surface area contributed by atoms with Crippen molar-refractivity contribution in [1.29, 1.82) is 0 Å². The molecule has 76 valence electrons. The Hall–Kier alpha value is -0.980. The van der Waals surface area contributed by atoms with Gasteiger partial charge < -0.3 is 5.73 Å². The summed E-state index contributed by atoms with van der Waals surface area (Å²) in [5.74, 6) is 0.611. The van der Waals surface area contributed by atoms with Gasteiger partial charge in [0.25, 0.3) is 0 Å². The van der Waals surface area contributed by atoms with Gasteiger partial charge in [0.05, 0.1) is 0 Å². The van der Waals surface area contributed by atoms with Crippen LogP contribution in [0.3, 0.4) is 0 Å². The maximum atomic E-state index is 6.05. The molecule has 1 aromatic carbocycles. The summed E-state index contributed by atoms with van der Waals surface area (Å²) >= 11 is 0. The van der Waals surface area contributed by atoms with E-state index in [1.807, 2.05) is 6.07 Å². The molecule has 14 heavy (non-hydrogen) atoms. The minimum atomic E-state index is 0.300. The highest BCUT2D eigenvalue weighted by Crippen LogP contribution is 2.49. The van der Waals surface area contributed by atoms with Crippen LogP contribution in [0.25, 0.3) is 0 Å². The van der Waals surface area contributed by atoms with Crippen molar-refractivity contribution in [1.82, 2.24) is 0 Å². The SMILES string of the molecule is Cc1ccc(N)c2c1C(C)(C)C[C@H]2C. The van der Waals surface area contributed by atoms with E-state index in [2.05, 4.69) is 33.8 Å². The minimum absolute atomic E-state index is 0.300. The molecule has 0 spiro atoms. The van der Waals surface area contributed by atoms with Gasteiger partial charge in [-0.1, -0.05) is 26.8 Å². The fourth-order valence-corrected chi connectivity index (χ4v) is 3.14. The van der Waals surface area contributed by atoms with E-state index in [9.17, 15) is 0 Å². The molecular weight excluding hydrogens is 170 g/mol. The molecular formula is C13H19N. The standard InChI is InChI=1S/C13H19N/c1-8-5-6-10(14)11-9(2)7-13(3,4)12(8)11/h5-6,9H,7,14H2,1-4H3/t9-/m1/s1. The van der Waals surface area contributed by atoms with Crippen molar-refractivity contribution in [2.75, 3.05) is 5.73 Å². The van der Waals surface area contributed by atoms with Crippen LogP contribution in [0.5, 0.6) is 0 Å². The lowest BCUT2D eigenvalue weighted by Gasteiger charge is -2.21. The van der Waals surface area contributed by atoms with E-state index in [4.69, 9.17) is 5.73 Å². The topological polar surface area (TPSA) is 26.0 Å². The van der Waals surface area contributed by atoms with Gasteiger partial charge in [-0.3, -0.25) is 0 Å². The predicted molar refractivity (Wildman–Crippen MR) is 61.6 cm³/mol. The van der Waals surface area contributed by atoms with Gasteiger partial charge in [-0.15, -0.1) is 0 Å². The molecule has 1 aliphatic rings. The van der Waals surface area contributed by atoms with Crippen molar-refractivity contribution < 1.29 is 0 Å². The van der Waals surface area contributed by atoms with Gasteiger partial charge in [-0.25, -0.2) is 0 Å². The highest BCUT2D eigenvalue weighted by atomic mass is 14.6. The molecule has 1 aromatic rings. The fraction of sp³-hybridized carbons (Fsp3) is 0.538. The Morgan fingerprint density at radius 1 is 1.36 bits per heavy atom. The van der Waals surface area contributed by atoms with E-state index >= 15 is 0 Å². The van der Waals surface area contributed by atoms with Crippen LogP contribution in [0, 0.1) is 6.92 Å². The summed E-state index contributed by atoms with van der Waals surface area (Å²) in [6.07, 6.45) is 1.22. The monoisotopic (exact) mass is 189 g/mol. The van der Waals surface area contributed by atoms with Crippen LogP contribution < -0.4 is 5.73 Å². The first-order valence-corrected chi connectivity index (χ1v) is 5.33. The second-order valence-electron chi connectivity index (χ2n) is 5.25. The Kier molecular flexibility index (Phi) is 1.88. The normalized spacial score (nSPS) is 23.6. The maximum absolute atomic E-state index is 6.05. The second kappa shape index (κ2) is 2.75. The van der Waals surface area contributed by atoms with E-state index in [-0.39, 0.29) is 0 Å². The maximum Gasteiger partial charge on any atom is 0.0352 e. The molecule has 1 atom stereocenters. The minimum Gasteiger partial charge on any atom is -0.398 e. The number of anilines is 1. The van der Waals surface area contributed by atoms with Crippen molar-refractivity contribution in [2.24, 2.45) is 0 Å². The largest absolute Gasteiger partial charge is 0.398 e. The Balaban J connectivity index is 2.73. The lowest BCUT2D eigenvalue weighted by Crippen LogP contribution is -2.13. The summed E-state index contributed by atoms with van der Waals surface area (Å²) in [5.41, 5.74) is 11.6. The molecule has 0 saturated heterocycles. The van der Waals surface area contributed by atoms with Crippen LogP contribution in [-0.4, -0.2) is 0 Å². The van der Waals surface area contributed by atoms with Gasteiger partial charge in [0, 0.05) is 5.69 Å². The van der Waals surface area contributed by atoms with E-state index in [0.29, 0.717) is 11.3 Å². The third kappa shape index (κ3) is 1.15. The van der Waals surface area contributed by atoms with Gasteiger partial charge in [-0.2, -0.15) is 0 Å². The number of benzene rings is 1. The molecule has 1 nitrogen and oxygen atoms in total. The first-order valence-electron chi connectivity index (χ1n) is 5.33. The molecule has 2 N–H and O–H groups in total. The second-order valence-corrected chi connectivity index (χ2v) is 5.25. The summed E-state index contributed by atoms with van der Waals surface area (Å²) in [4.78, 5) is 0. The first-order chi connectivity index (χ1) is 6.43. The van der Waals surface area contributed by atoms with Crippen LogP contribution in [0.4, 0.5) is 5.69 Å². The van der Waals surface area contributed by atoms with Gasteiger partial charge in [0.2, 0.25) is 0 Å². The highest BCUT2D eigenvalue weighted by Gasteiger charge is 2.36. The molecule has 1 aliphatic carbocycles. The number of rotatable bonds is 0. The molecule has 0 unspecified atom stereocenters. The molecule has 0 heterocycles. The Bertz CT molecular complexity index is 377. The molecule has 0 radical (unpaired) electrons. The number of hydrogen-bond acceptors (Lipinski definition) is 1. The molecule has 2 rings (SSSR count). The third-order valence-corrected chi connectivity index (χ3v) is 3.47. The van der Waals surface area contributed by atoms with E-state index < -0.39 is 0 Å². The summed E-state index contributed by atoms with van der Waals surface area (Å²) in [7, 11) is 0. The Labute approximate surface area is 86.3 Å². The van der Waals surface area contributed by atoms with Crippen LogP contribution in [-0.2, 0) is 5.41 Å². The van der Waals surface area contributed by atoms with E-state index in [1.165, 1.54) is 23.1 Å². The molecule has 1 heteroatoms. The van der Waals surface area contributed by atoms with Gasteiger partial charge in [0.1, 0.15) is 0 Å². The lowest BCUT2D eigenvalue weighted by molar-refractivity contribution is 0.488. The number of hydrogen-bond donors (Lipinski definition) is 1. The van der Waals surface area contributed by atoms with Crippen LogP contribution in [0.1, 0.15) is 49.8 Å². The Morgan fingerprint density at radius 3 is 2.57 bits per heavy atom. The van der Waals surface area contributed by atoms with Crippen LogP contribution >= 0.6 is 0 Å². The van der Waals surface area contributed by atoms with Crippen molar-refractivity contribution in [3.8, 4) is 0 Å². The summed E-state index contributed by atoms with van der Waals surface area (Å²) in [6.45, 7) is 9.12. The molecule has 0 aromatic heterocycles. The predicted octanol–water partition coefficient (Wildman–Crippen LogP) is 3.36. The summed E-state index contributed by atoms with van der Waals surface area (Å²) in [5, 5.41) is 0. The molecule has 0 fully saturated rings. The smallest absolute Gasteiger partial charge is 0.0352 e. The molecule has 0 bridgehead atoms. The first kappa shape index (κ1) is 9.57. The van der Waals surface area contributed by atoms with Gasteiger partial charge in [-0.05, 0) is 47.4 Å². The van der Waals surface area contributed by atoms with Crippen LogP contribution in [0.2, 0.25) is 0 Å². The quantitative estimate of drug-likeness (QED) is 0.622. The summed E-state index contributed by atoms with van der Waals surface area (Å²) in [6, 6.07) is 4.19. The van der Waals surface area contributed by atoms with E-state index in [0.717, 1.165) is 5.69 Å². The van der Waals surface area contributed by atoms with Gasteiger partial charge in [0.15, 0.2) is 0 Å². The lowest BCUT2D eigenvalue weighted by atomic mass is 9.83. The Morgan fingerprint density at radius 2 is 2.00 bits per heavy atom. The number of nitrogens with two attached hydrogens (primary N) is 1. The van der Waals surface area contributed by atoms with Gasteiger partial charge >= 0.3 is 0 Å². The zero-order valence-electron chi connectivity index (χ0n) is 9.52. The molecule has 0 saturated carbocycles. The highest BCUT2D eigenvalue weighted by molar-refractivity contribution is 5.60. The number of nitrogen functional groups attached to an aromatic ring is 1. The molecule has 0 aliphatic heterocycles.